The van der Waals surface area contributed by atoms with Gasteiger partial charge in [-0.2, -0.15) is 0 Å². The fraction of sp³-hybridized carbons (Fsp3) is 0. The van der Waals surface area contributed by atoms with Crippen LogP contribution >= 0.6 is 0 Å². The Labute approximate surface area is 103 Å². The van der Waals surface area contributed by atoms with Gasteiger partial charge in [0.15, 0.2) is 0 Å². The first kappa shape index (κ1) is 9.82. The van der Waals surface area contributed by atoms with Crippen LogP contribution in [0.25, 0.3) is 11.0 Å². The zero-order chi connectivity index (χ0) is 10.8. The molecule has 3 heteroatoms. The first-order valence-corrected chi connectivity index (χ1v) is 6.65. The molecule has 3 aromatic rings. The van der Waals surface area contributed by atoms with E-state index in [-0.39, 0.29) is 19.4 Å². The minimum atomic E-state index is -0.326. The molecule has 2 aromatic carbocycles. The average molecular weight is 242 g/mol. The molecule has 0 amide bonds. The molecule has 0 saturated carbocycles. The van der Waals surface area contributed by atoms with Gasteiger partial charge in [-0.05, 0) is 0 Å². The number of aromatic nitrogens is 2. The first-order chi connectivity index (χ1) is 7.93. The second-order valence-electron chi connectivity index (χ2n) is 3.58. The summed E-state index contributed by atoms with van der Waals surface area (Å²) in [5.41, 5.74) is 2.33. The van der Waals surface area contributed by atoms with Gasteiger partial charge in [0, 0.05) is 0 Å². The Morgan fingerprint density at radius 1 is 0.875 bits per heavy atom. The Kier molecular flexibility index (Phi) is 2.60. The van der Waals surface area contributed by atoms with Crippen LogP contribution in [0.15, 0.2) is 60.9 Å². The molecule has 3 rings (SSSR count). The molecule has 0 saturated heterocycles. The quantitative estimate of drug-likeness (QED) is 0.630. The average Bonchev–Trinajstić information content (AvgIpc) is 2.74. The summed E-state index contributed by atoms with van der Waals surface area (Å²) in [6, 6.07) is 18.9. The molecule has 1 aromatic heterocycles. The van der Waals surface area contributed by atoms with Gasteiger partial charge in [0.25, 0.3) is 0 Å². The van der Waals surface area contributed by atoms with Crippen molar-refractivity contribution in [2.45, 2.75) is 0 Å². The predicted molar refractivity (Wildman–Crippen MR) is 61.2 cm³/mol. The van der Waals surface area contributed by atoms with E-state index in [1.165, 1.54) is 9.38 Å². The zero-order valence-electron chi connectivity index (χ0n) is 8.67. The molecule has 0 radical (unpaired) electrons. The maximum atomic E-state index is 4.41. The molecule has 16 heavy (non-hydrogen) atoms. The summed E-state index contributed by atoms with van der Waals surface area (Å²) >= 11 is -0.326. The summed E-state index contributed by atoms with van der Waals surface area (Å²) in [7, 11) is 0. The van der Waals surface area contributed by atoms with Crippen molar-refractivity contribution in [2.75, 3.05) is 0 Å². The van der Waals surface area contributed by atoms with E-state index in [0.717, 1.165) is 5.52 Å². The van der Waals surface area contributed by atoms with Crippen LogP contribution in [0.3, 0.4) is 0 Å². The molecule has 0 spiro atoms. The summed E-state index contributed by atoms with van der Waals surface area (Å²) in [5, 5.41) is 0. The number of benzene rings is 2. The number of fused-ring (bicyclic) bond motifs is 1. The van der Waals surface area contributed by atoms with E-state index >= 15 is 0 Å². The Morgan fingerprint density at radius 3 is 2.50 bits per heavy atom. The van der Waals surface area contributed by atoms with Crippen LogP contribution in [-0.2, 0) is 19.4 Å². The van der Waals surface area contributed by atoms with Crippen molar-refractivity contribution in [3.63, 3.8) is 0 Å². The minimum absolute atomic E-state index is 0.326. The fourth-order valence-corrected chi connectivity index (χ4v) is 3.33. The molecular formula is C13H10N2Ti. The van der Waals surface area contributed by atoms with E-state index < -0.39 is 0 Å². The third-order valence-electron chi connectivity index (χ3n) is 2.48. The van der Waals surface area contributed by atoms with Crippen LogP contribution in [0.5, 0.6) is 0 Å². The van der Waals surface area contributed by atoms with Gasteiger partial charge in [-0.15, -0.1) is 0 Å². The molecule has 0 unspecified atom stereocenters. The van der Waals surface area contributed by atoms with Crippen LogP contribution in [0.2, 0.25) is 0 Å². The predicted octanol–water partition coefficient (Wildman–Crippen LogP) is 2.21. The Hall–Kier alpha value is -1.38. The number of imidazole rings is 1. The van der Waals surface area contributed by atoms with Gasteiger partial charge < -0.3 is 0 Å². The van der Waals surface area contributed by atoms with Crippen molar-refractivity contribution in [3.05, 3.63) is 60.9 Å². The van der Waals surface area contributed by atoms with Crippen LogP contribution in [-0.4, -0.2) is 8.03 Å². The fourth-order valence-electron chi connectivity index (χ4n) is 1.70. The third kappa shape index (κ3) is 1.82. The van der Waals surface area contributed by atoms with Crippen LogP contribution in [0, 0.1) is 0 Å². The molecule has 0 atom stereocenters. The normalized spacial score (nSPS) is 10.5. The van der Waals surface area contributed by atoms with E-state index in [2.05, 4.69) is 56.6 Å². The van der Waals surface area contributed by atoms with E-state index in [1.54, 1.807) is 0 Å². The number of rotatable bonds is 2. The van der Waals surface area contributed by atoms with Crippen molar-refractivity contribution < 1.29 is 19.4 Å². The summed E-state index contributed by atoms with van der Waals surface area (Å²) in [5.74, 6) is 0. The number of hydrogen-bond acceptors (Lipinski definition) is 1. The van der Waals surface area contributed by atoms with E-state index in [0.29, 0.717) is 0 Å². The van der Waals surface area contributed by atoms with Gasteiger partial charge in [0.2, 0.25) is 0 Å². The number of nitrogens with zero attached hydrogens (tertiary/aromatic N) is 2. The molecule has 0 aliphatic heterocycles. The molecule has 76 valence electrons. The summed E-state index contributed by atoms with van der Waals surface area (Å²) < 4.78 is 3.72. The molecule has 0 N–H and O–H groups in total. The topological polar surface area (TPSA) is 17.8 Å². The third-order valence-corrected chi connectivity index (χ3v) is 4.33. The van der Waals surface area contributed by atoms with Gasteiger partial charge in [-0.25, -0.2) is 0 Å². The number of para-hydroxylation sites is 2. The molecule has 2 nitrogen and oxygen atoms in total. The molecule has 0 fully saturated rings. The molecule has 1 heterocycles. The van der Waals surface area contributed by atoms with E-state index in [9.17, 15) is 0 Å². The van der Waals surface area contributed by atoms with Gasteiger partial charge in [0.1, 0.15) is 0 Å². The summed E-state index contributed by atoms with van der Waals surface area (Å²) in [4.78, 5) is 4.41. The Morgan fingerprint density at radius 2 is 1.62 bits per heavy atom. The second kappa shape index (κ2) is 4.24. The van der Waals surface area contributed by atoms with Crippen molar-refractivity contribution in [1.29, 1.82) is 0 Å². The molecule has 0 bridgehead atoms. The second-order valence-corrected chi connectivity index (χ2v) is 5.58. The van der Waals surface area contributed by atoms with Crippen LogP contribution in [0.4, 0.5) is 0 Å². The molecule has 0 aliphatic carbocycles. The van der Waals surface area contributed by atoms with E-state index in [4.69, 9.17) is 0 Å². The van der Waals surface area contributed by atoms with Crippen LogP contribution < -0.4 is 3.87 Å². The van der Waals surface area contributed by atoms with Crippen molar-refractivity contribution in [2.24, 2.45) is 0 Å². The van der Waals surface area contributed by atoms with E-state index in [1.807, 2.05) is 12.4 Å². The Balaban J connectivity index is 2.01. The SMILES string of the molecule is c1cc[c]([Ti][n]2cnc3ccccc32)cc1. The Bertz CT molecular complexity index is 601. The van der Waals surface area contributed by atoms with Crippen LogP contribution in [0.1, 0.15) is 0 Å². The number of hydrogen-bond donors (Lipinski definition) is 0. The van der Waals surface area contributed by atoms with Crippen molar-refractivity contribution in [1.82, 2.24) is 8.03 Å². The van der Waals surface area contributed by atoms with Crippen molar-refractivity contribution in [3.8, 4) is 0 Å². The zero-order valence-corrected chi connectivity index (χ0v) is 10.2. The van der Waals surface area contributed by atoms with Gasteiger partial charge in [-0.3, -0.25) is 0 Å². The van der Waals surface area contributed by atoms with Gasteiger partial charge >= 0.3 is 103 Å². The summed E-state index contributed by atoms with van der Waals surface area (Å²) in [6.07, 6.45) is 1.96. The first-order valence-electron chi connectivity index (χ1n) is 5.18. The molecule has 0 aliphatic rings. The van der Waals surface area contributed by atoms with Gasteiger partial charge in [0.05, 0.1) is 0 Å². The standard InChI is InChI=1S/C7H5N2.C6H5.Ti/c1-2-4-7-6(3-1)8-5-9-7;1-2-4-6-5-3-1;/h1-5H;1-5H;/q-1;;+1. The maximum absolute atomic E-state index is 4.41. The van der Waals surface area contributed by atoms with Gasteiger partial charge in [-0.1, -0.05) is 0 Å². The van der Waals surface area contributed by atoms with Crippen molar-refractivity contribution >= 4 is 14.9 Å². The molecular weight excluding hydrogens is 232 g/mol. The summed E-state index contributed by atoms with van der Waals surface area (Å²) in [6.45, 7) is 0. The monoisotopic (exact) mass is 242 g/mol.